The molecule has 2 rings (SSSR count). The second kappa shape index (κ2) is 9.59. The third-order valence-corrected chi connectivity index (χ3v) is 4.01. The minimum absolute atomic E-state index is 0.0526. The van der Waals surface area contributed by atoms with Crippen LogP contribution in [0.1, 0.15) is 5.56 Å². The SMILES string of the molecule is COc1cc(CC(=O)N(C)CC(=O)Nc2ccc(F)cc2)cc(OC)c1OC. The van der Waals surface area contributed by atoms with Crippen LogP contribution in [0.15, 0.2) is 36.4 Å². The van der Waals surface area contributed by atoms with E-state index < -0.39 is 5.82 Å². The number of anilines is 1. The largest absolute Gasteiger partial charge is 0.493 e. The number of carbonyl (C=O) groups is 2. The van der Waals surface area contributed by atoms with Crippen molar-refractivity contribution in [3.8, 4) is 17.2 Å². The van der Waals surface area contributed by atoms with Crippen LogP contribution in [0.2, 0.25) is 0 Å². The van der Waals surface area contributed by atoms with Crippen LogP contribution in [-0.4, -0.2) is 51.6 Å². The van der Waals surface area contributed by atoms with Crippen molar-refractivity contribution in [2.24, 2.45) is 0 Å². The number of nitrogens with one attached hydrogen (secondary N) is 1. The topological polar surface area (TPSA) is 77.1 Å². The summed E-state index contributed by atoms with van der Waals surface area (Å²) in [6.07, 6.45) is 0.0526. The fourth-order valence-corrected chi connectivity index (χ4v) is 2.58. The normalized spacial score (nSPS) is 10.2. The molecule has 0 fully saturated rings. The molecule has 0 heterocycles. The van der Waals surface area contributed by atoms with E-state index in [-0.39, 0.29) is 24.8 Å². The van der Waals surface area contributed by atoms with E-state index in [4.69, 9.17) is 14.2 Å². The van der Waals surface area contributed by atoms with E-state index in [1.165, 1.54) is 57.5 Å². The van der Waals surface area contributed by atoms with Gasteiger partial charge >= 0.3 is 0 Å². The number of hydrogen-bond donors (Lipinski definition) is 1. The maximum Gasteiger partial charge on any atom is 0.243 e. The molecule has 0 saturated carbocycles. The highest BCUT2D eigenvalue weighted by Gasteiger charge is 2.18. The molecule has 28 heavy (non-hydrogen) atoms. The second-order valence-corrected chi connectivity index (χ2v) is 6.02. The van der Waals surface area contributed by atoms with Crippen molar-refractivity contribution in [3.05, 3.63) is 47.8 Å². The van der Waals surface area contributed by atoms with Crippen molar-refractivity contribution in [3.63, 3.8) is 0 Å². The Morgan fingerprint density at radius 2 is 1.57 bits per heavy atom. The van der Waals surface area contributed by atoms with Gasteiger partial charge in [0.2, 0.25) is 17.6 Å². The third kappa shape index (κ3) is 5.35. The molecule has 150 valence electrons. The molecule has 0 unspecified atom stereocenters. The highest BCUT2D eigenvalue weighted by Crippen LogP contribution is 2.38. The van der Waals surface area contributed by atoms with Crippen LogP contribution in [0.3, 0.4) is 0 Å². The Balaban J connectivity index is 2.01. The molecule has 0 aliphatic heterocycles. The molecule has 0 aliphatic carbocycles. The van der Waals surface area contributed by atoms with E-state index in [0.29, 0.717) is 28.5 Å². The first-order valence-electron chi connectivity index (χ1n) is 8.46. The molecule has 8 heteroatoms. The van der Waals surface area contributed by atoms with E-state index in [0.717, 1.165) is 0 Å². The van der Waals surface area contributed by atoms with Gasteiger partial charge in [-0.2, -0.15) is 0 Å². The van der Waals surface area contributed by atoms with Crippen molar-refractivity contribution in [2.45, 2.75) is 6.42 Å². The molecule has 0 radical (unpaired) electrons. The van der Waals surface area contributed by atoms with Crippen LogP contribution in [0.25, 0.3) is 0 Å². The predicted octanol–water partition coefficient (Wildman–Crippen LogP) is 2.49. The summed E-state index contributed by atoms with van der Waals surface area (Å²) >= 11 is 0. The molecule has 0 bridgehead atoms. The molecule has 0 saturated heterocycles. The van der Waals surface area contributed by atoms with Gasteiger partial charge in [0.15, 0.2) is 11.5 Å². The number of rotatable bonds is 8. The molecule has 7 nitrogen and oxygen atoms in total. The Hall–Kier alpha value is -3.29. The summed E-state index contributed by atoms with van der Waals surface area (Å²) in [6.45, 7) is -0.138. The predicted molar refractivity (Wildman–Crippen MR) is 102 cm³/mol. The second-order valence-electron chi connectivity index (χ2n) is 6.02. The minimum Gasteiger partial charge on any atom is -0.493 e. The molecule has 0 spiro atoms. The Labute approximate surface area is 163 Å². The van der Waals surface area contributed by atoms with Gasteiger partial charge in [-0.15, -0.1) is 0 Å². The highest BCUT2D eigenvalue weighted by molar-refractivity contribution is 5.94. The third-order valence-electron chi connectivity index (χ3n) is 4.01. The lowest BCUT2D eigenvalue weighted by Gasteiger charge is -2.18. The van der Waals surface area contributed by atoms with Crippen molar-refractivity contribution in [1.82, 2.24) is 4.90 Å². The van der Waals surface area contributed by atoms with Gasteiger partial charge in [-0.1, -0.05) is 0 Å². The summed E-state index contributed by atoms with van der Waals surface area (Å²) in [5.74, 6) is 0.294. The summed E-state index contributed by atoms with van der Waals surface area (Å²) in [4.78, 5) is 25.9. The summed E-state index contributed by atoms with van der Waals surface area (Å²) in [5, 5.41) is 2.61. The van der Waals surface area contributed by atoms with Gasteiger partial charge in [-0.25, -0.2) is 4.39 Å². The van der Waals surface area contributed by atoms with E-state index >= 15 is 0 Å². The van der Waals surface area contributed by atoms with Crippen molar-refractivity contribution >= 4 is 17.5 Å². The van der Waals surface area contributed by atoms with Crippen molar-refractivity contribution in [1.29, 1.82) is 0 Å². The maximum atomic E-state index is 12.9. The number of likely N-dealkylation sites (N-methyl/N-ethyl adjacent to an activating group) is 1. The summed E-state index contributed by atoms with van der Waals surface area (Å²) < 4.78 is 28.7. The first kappa shape index (κ1) is 21.0. The van der Waals surface area contributed by atoms with Crippen molar-refractivity contribution in [2.75, 3.05) is 40.2 Å². The lowest BCUT2D eigenvalue weighted by molar-refractivity contribution is -0.132. The van der Waals surface area contributed by atoms with E-state index in [9.17, 15) is 14.0 Å². The molecule has 0 aromatic heterocycles. The summed E-state index contributed by atoms with van der Waals surface area (Å²) in [7, 11) is 6.02. The zero-order valence-electron chi connectivity index (χ0n) is 16.2. The fraction of sp³-hybridized carbons (Fsp3) is 0.300. The van der Waals surface area contributed by atoms with Crippen LogP contribution >= 0.6 is 0 Å². The van der Waals surface area contributed by atoms with Crippen LogP contribution in [0.5, 0.6) is 17.2 Å². The summed E-state index contributed by atoms with van der Waals surface area (Å²) in [6, 6.07) is 8.76. The molecule has 2 aromatic rings. The molecule has 2 aromatic carbocycles. The van der Waals surface area contributed by atoms with Gasteiger partial charge < -0.3 is 24.4 Å². The number of benzene rings is 2. The molecule has 0 atom stereocenters. The smallest absolute Gasteiger partial charge is 0.243 e. The first-order chi connectivity index (χ1) is 13.4. The highest BCUT2D eigenvalue weighted by atomic mass is 19.1. The Morgan fingerprint density at radius 1 is 1.00 bits per heavy atom. The Bertz CT molecular complexity index is 814. The average Bonchev–Trinajstić information content (AvgIpc) is 2.68. The number of amides is 2. The van der Waals surface area contributed by atoms with Crippen LogP contribution in [0.4, 0.5) is 10.1 Å². The van der Waals surface area contributed by atoms with Crippen LogP contribution in [-0.2, 0) is 16.0 Å². The maximum absolute atomic E-state index is 12.9. The number of ether oxygens (including phenoxy) is 3. The van der Waals surface area contributed by atoms with Gasteiger partial charge in [-0.05, 0) is 42.0 Å². The van der Waals surface area contributed by atoms with Gasteiger partial charge in [0.25, 0.3) is 0 Å². The van der Waals surface area contributed by atoms with Gasteiger partial charge in [0.05, 0.1) is 34.3 Å². The number of halogens is 1. The van der Waals surface area contributed by atoms with E-state index in [1.54, 1.807) is 12.1 Å². The van der Waals surface area contributed by atoms with Gasteiger partial charge in [0, 0.05) is 12.7 Å². The molecular formula is C20H23FN2O5. The first-order valence-corrected chi connectivity index (χ1v) is 8.46. The van der Waals surface area contributed by atoms with Gasteiger partial charge in [0.1, 0.15) is 5.82 Å². The standard InChI is InChI=1S/C20H23FN2O5/c1-23(12-18(24)22-15-7-5-14(21)6-8-15)19(25)11-13-9-16(26-2)20(28-4)17(10-13)27-3/h5-10H,11-12H2,1-4H3,(H,22,24). The average molecular weight is 390 g/mol. The zero-order chi connectivity index (χ0) is 20.7. The lowest BCUT2D eigenvalue weighted by Crippen LogP contribution is -2.35. The molecule has 1 N–H and O–H groups in total. The number of methoxy groups -OCH3 is 3. The number of carbonyl (C=O) groups excluding carboxylic acids is 2. The number of hydrogen-bond acceptors (Lipinski definition) is 5. The van der Waals surface area contributed by atoms with E-state index in [2.05, 4.69) is 5.32 Å². The quantitative estimate of drug-likeness (QED) is 0.749. The van der Waals surface area contributed by atoms with Crippen molar-refractivity contribution < 1.29 is 28.2 Å². The Morgan fingerprint density at radius 3 is 2.07 bits per heavy atom. The Kier molecular flexibility index (Phi) is 7.20. The number of nitrogens with zero attached hydrogens (tertiary/aromatic N) is 1. The van der Waals surface area contributed by atoms with E-state index in [1.807, 2.05) is 0 Å². The zero-order valence-corrected chi connectivity index (χ0v) is 16.2. The van der Waals surface area contributed by atoms with Crippen LogP contribution < -0.4 is 19.5 Å². The molecule has 2 amide bonds. The van der Waals surface area contributed by atoms with Crippen LogP contribution in [0, 0.1) is 5.82 Å². The lowest BCUT2D eigenvalue weighted by atomic mass is 10.1. The fourth-order valence-electron chi connectivity index (χ4n) is 2.58. The van der Waals surface area contributed by atoms with Gasteiger partial charge in [-0.3, -0.25) is 9.59 Å². The summed E-state index contributed by atoms with van der Waals surface area (Å²) in [5.41, 5.74) is 1.11. The molecular weight excluding hydrogens is 367 g/mol. The molecule has 0 aliphatic rings. The minimum atomic E-state index is -0.393. The monoisotopic (exact) mass is 390 g/mol.